The Balaban J connectivity index is 1.29. The lowest BCUT2D eigenvalue weighted by molar-refractivity contribution is 0.0126. The number of hydrogen-bond donors (Lipinski definition) is 3. The number of carbonyl (C=O) groups is 1. The van der Waals surface area contributed by atoms with Crippen LogP contribution < -0.4 is 10.0 Å². The molecule has 36 heavy (non-hydrogen) atoms. The van der Waals surface area contributed by atoms with E-state index in [0.717, 1.165) is 43.2 Å². The van der Waals surface area contributed by atoms with Crippen molar-refractivity contribution in [2.75, 3.05) is 25.5 Å². The second-order valence-electron chi connectivity index (χ2n) is 10.7. The van der Waals surface area contributed by atoms with E-state index in [2.05, 4.69) is 14.9 Å². The summed E-state index contributed by atoms with van der Waals surface area (Å²) >= 11 is 0. The van der Waals surface area contributed by atoms with E-state index in [1.165, 1.54) is 6.07 Å². The number of nitrogens with zero attached hydrogens (tertiary/aromatic N) is 1. The molecule has 5 rings (SSSR count). The standard InChI is InChI=1S/C26H34FN3O5S/c1-16-17(13-30(2)14-26(15-31)10-5-11-26)12-22(35-16)36(33,34)29-25(32)28-24-20-8-3-6-18(20)23(27)19-7-4-9-21(19)24/h12,31H,3-11,13-15H2,1-2H3,(H2,28,29,32). The van der Waals surface area contributed by atoms with E-state index >= 15 is 0 Å². The van der Waals surface area contributed by atoms with E-state index in [1.54, 1.807) is 6.92 Å². The fraction of sp³-hybridized carbons (Fsp3) is 0.577. The van der Waals surface area contributed by atoms with Crippen LogP contribution in [0.1, 0.15) is 65.7 Å². The molecule has 10 heteroatoms. The Labute approximate surface area is 211 Å². The summed E-state index contributed by atoms with van der Waals surface area (Å²) in [7, 11) is -2.32. The van der Waals surface area contributed by atoms with Gasteiger partial charge in [0.2, 0.25) is 5.09 Å². The van der Waals surface area contributed by atoms with Crippen molar-refractivity contribution in [1.29, 1.82) is 0 Å². The van der Waals surface area contributed by atoms with Gasteiger partial charge in [0.05, 0.1) is 0 Å². The van der Waals surface area contributed by atoms with Gasteiger partial charge in [-0.2, -0.15) is 8.42 Å². The van der Waals surface area contributed by atoms with E-state index in [0.29, 0.717) is 66.9 Å². The minimum absolute atomic E-state index is 0.0817. The molecule has 1 aromatic heterocycles. The topological polar surface area (TPSA) is 112 Å². The van der Waals surface area contributed by atoms with Gasteiger partial charge >= 0.3 is 6.03 Å². The summed E-state index contributed by atoms with van der Waals surface area (Å²) in [5.41, 5.74) is 4.06. The van der Waals surface area contributed by atoms with E-state index in [-0.39, 0.29) is 22.9 Å². The number of fused-ring (bicyclic) bond motifs is 2. The number of rotatable bonds is 8. The van der Waals surface area contributed by atoms with Crippen LogP contribution in [-0.4, -0.2) is 44.7 Å². The number of hydrogen-bond acceptors (Lipinski definition) is 6. The van der Waals surface area contributed by atoms with Crippen LogP contribution in [0.25, 0.3) is 0 Å². The highest BCUT2D eigenvalue weighted by Gasteiger charge is 2.37. The van der Waals surface area contributed by atoms with E-state index in [9.17, 15) is 22.7 Å². The van der Waals surface area contributed by atoms with Crippen molar-refractivity contribution in [2.24, 2.45) is 5.41 Å². The van der Waals surface area contributed by atoms with Crippen molar-refractivity contribution < 1.29 is 27.1 Å². The molecule has 0 saturated heterocycles. The number of urea groups is 1. The average molecular weight is 520 g/mol. The van der Waals surface area contributed by atoms with Crippen molar-refractivity contribution >= 4 is 21.7 Å². The van der Waals surface area contributed by atoms with Crippen molar-refractivity contribution in [2.45, 2.75) is 76.3 Å². The number of amides is 2. The van der Waals surface area contributed by atoms with Crippen molar-refractivity contribution in [3.05, 3.63) is 45.5 Å². The highest BCUT2D eigenvalue weighted by molar-refractivity contribution is 7.89. The van der Waals surface area contributed by atoms with Crippen LogP contribution in [-0.2, 0) is 42.3 Å². The summed E-state index contributed by atoms with van der Waals surface area (Å²) in [5, 5.41) is 12.1. The van der Waals surface area contributed by atoms with Crippen LogP contribution in [0, 0.1) is 18.2 Å². The molecule has 0 aliphatic heterocycles. The van der Waals surface area contributed by atoms with Gasteiger partial charge in [-0.15, -0.1) is 0 Å². The number of halogens is 1. The SMILES string of the molecule is Cc1oc(S(=O)(=O)NC(=O)Nc2c3c(c(F)c4c2CCC4)CCC3)cc1CN(C)CC1(CO)CCC1. The third-order valence-electron chi connectivity index (χ3n) is 8.09. The number of carbonyl (C=O) groups excluding carboxylic acids is 1. The van der Waals surface area contributed by atoms with Gasteiger partial charge in [0, 0.05) is 42.4 Å². The van der Waals surface area contributed by atoms with Gasteiger partial charge in [0.15, 0.2) is 0 Å². The first kappa shape index (κ1) is 25.2. The molecule has 1 aromatic carbocycles. The number of aliphatic hydroxyl groups is 1. The number of aliphatic hydroxyl groups excluding tert-OH is 1. The molecule has 1 saturated carbocycles. The quantitative estimate of drug-likeness (QED) is 0.489. The molecule has 196 valence electrons. The van der Waals surface area contributed by atoms with Crippen molar-refractivity contribution in [3.8, 4) is 0 Å². The van der Waals surface area contributed by atoms with Gasteiger partial charge in [-0.25, -0.2) is 13.9 Å². The number of anilines is 1. The molecule has 2 aromatic rings. The molecular formula is C26H34FN3O5S. The smallest absolute Gasteiger partial charge is 0.333 e. The van der Waals surface area contributed by atoms with Crippen molar-refractivity contribution in [1.82, 2.24) is 9.62 Å². The third-order valence-corrected chi connectivity index (χ3v) is 9.28. The second kappa shape index (κ2) is 9.46. The second-order valence-corrected chi connectivity index (χ2v) is 12.3. The number of furan rings is 1. The van der Waals surface area contributed by atoms with Crippen LogP contribution in [0.15, 0.2) is 15.6 Å². The summed E-state index contributed by atoms with van der Waals surface area (Å²) in [5.74, 6) is 0.308. The lowest BCUT2D eigenvalue weighted by Gasteiger charge is -2.43. The minimum Gasteiger partial charge on any atom is -0.448 e. The molecule has 1 heterocycles. The fourth-order valence-corrected chi connectivity index (χ4v) is 7.02. The van der Waals surface area contributed by atoms with Gasteiger partial charge < -0.3 is 19.7 Å². The van der Waals surface area contributed by atoms with E-state index in [4.69, 9.17) is 4.42 Å². The molecule has 0 spiro atoms. The highest BCUT2D eigenvalue weighted by Crippen LogP contribution is 2.42. The zero-order valence-corrected chi connectivity index (χ0v) is 21.7. The van der Waals surface area contributed by atoms with Crippen LogP contribution in [0.5, 0.6) is 0 Å². The largest absolute Gasteiger partial charge is 0.448 e. The van der Waals surface area contributed by atoms with Crippen LogP contribution >= 0.6 is 0 Å². The number of nitrogens with one attached hydrogen (secondary N) is 2. The van der Waals surface area contributed by atoms with Crippen LogP contribution in [0.3, 0.4) is 0 Å². The summed E-state index contributed by atoms with van der Waals surface area (Å²) in [6.07, 6.45) is 7.28. The lowest BCUT2D eigenvalue weighted by atomic mass is 9.69. The zero-order valence-electron chi connectivity index (χ0n) is 20.9. The first-order chi connectivity index (χ1) is 17.1. The normalized spacial score (nSPS) is 18.1. The Bertz CT molecular complexity index is 1260. The number of aryl methyl sites for hydroxylation is 1. The van der Waals surface area contributed by atoms with E-state index < -0.39 is 16.1 Å². The molecule has 0 unspecified atom stereocenters. The molecule has 3 aliphatic rings. The molecule has 3 aliphatic carbocycles. The Morgan fingerprint density at radius 2 is 1.72 bits per heavy atom. The third kappa shape index (κ3) is 4.54. The summed E-state index contributed by atoms with van der Waals surface area (Å²) in [6.45, 7) is 3.01. The molecule has 0 atom stereocenters. The maximum Gasteiger partial charge on any atom is 0.333 e. The monoisotopic (exact) mass is 519 g/mol. The van der Waals surface area contributed by atoms with Crippen molar-refractivity contribution in [3.63, 3.8) is 0 Å². The predicted molar refractivity (Wildman–Crippen MR) is 133 cm³/mol. The number of benzene rings is 1. The first-order valence-corrected chi connectivity index (χ1v) is 14.2. The molecule has 2 amide bonds. The maximum absolute atomic E-state index is 14.9. The average Bonchev–Trinajstić information content (AvgIpc) is 3.54. The summed E-state index contributed by atoms with van der Waals surface area (Å²) < 4.78 is 48.4. The Kier molecular flexibility index (Phi) is 6.63. The fourth-order valence-electron chi connectivity index (χ4n) is 6.09. The van der Waals surface area contributed by atoms with Gasteiger partial charge in [0.25, 0.3) is 10.0 Å². The summed E-state index contributed by atoms with van der Waals surface area (Å²) in [6, 6.07) is 0.564. The minimum atomic E-state index is -4.25. The zero-order chi connectivity index (χ0) is 25.7. The molecule has 3 N–H and O–H groups in total. The van der Waals surface area contributed by atoms with Crippen LogP contribution in [0.4, 0.5) is 14.9 Å². The lowest BCUT2D eigenvalue weighted by Crippen LogP contribution is -2.43. The number of sulfonamides is 1. The van der Waals surface area contributed by atoms with Gasteiger partial charge in [-0.1, -0.05) is 6.42 Å². The summed E-state index contributed by atoms with van der Waals surface area (Å²) in [4.78, 5) is 14.9. The van der Waals surface area contributed by atoms with Gasteiger partial charge in [0.1, 0.15) is 11.6 Å². The first-order valence-electron chi connectivity index (χ1n) is 12.7. The molecule has 1 fully saturated rings. The molecular weight excluding hydrogens is 485 g/mol. The Morgan fingerprint density at radius 3 is 2.28 bits per heavy atom. The highest BCUT2D eigenvalue weighted by atomic mass is 32.2. The molecule has 0 radical (unpaired) electrons. The Hall–Kier alpha value is -2.43. The molecule has 0 bridgehead atoms. The van der Waals surface area contributed by atoms with Gasteiger partial charge in [-0.3, -0.25) is 0 Å². The maximum atomic E-state index is 14.9. The van der Waals surface area contributed by atoms with Gasteiger partial charge in [-0.05, 0) is 87.6 Å². The molecule has 8 nitrogen and oxygen atoms in total. The predicted octanol–water partition coefficient (Wildman–Crippen LogP) is 3.81. The van der Waals surface area contributed by atoms with Crippen LogP contribution in [0.2, 0.25) is 0 Å². The van der Waals surface area contributed by atoms with E-state index in [1.807, 2.05) is 7.05 Å². The Morgan fingerprint density at radius 1 is 1.11 bits per heavy atom.